The Balaban J connectivity index is 1.33. The van der Waals surface area contributed by atoms with Gasteiger partial charge in [0.15, 0.2) is 5.82 Å². The minimum atomic E-state index is -0.728. The molecule has 0 unspecified atom stereocenters. The molecular weight excluding hydrogens is 446 g/mol. The number of aliphatic hydroxyl groups is 1. The van der Waals surface area contributed by atoms with Crippen LogP contribution < -0.4 is 10.1 Å². The molecule has 0 saturated heterocycles. The Morgan fingerprint density at radius 1 is 1.31 bits per heavy atom. The summed E-state index contributed by atoms with van der Waals surface area (Å²) in [4.78, 5) is 16.1. The van der Waals surface area contributed by atoms with Crippen LogP contribution in [-0.4, -0.2) is 39.5 Å². The number of carbonyl (C=O) groups is 1. The zero-order chi connectivity index (χ0) is 24.5. The van der Waals surface area contributed by atoms with Crippen LogP contribution in [0.4, 0.5) is 0 Å². The van der Waals surface area contributed by atoms with Gasteiger partial charge in [0.25, 0.3) is 0 Å². The first-order chi connectivity index (χ1) is 17.0. The van der Waals surface area contributed by atoms with Crippen molar-refractivity contribution < 1.29 is 19.4 Å². The van der Waals surface area contributed by atoms with Crippen LogP contribution in [-0.2, 0) is 17.9 Å². The summed E-state index contributed by atoms with van der Waals surface area (Å²) in [7, 11) is 1.51. The number of esters is 1. The summed E-state index contributed by atoms with van der Waals surface area (Å²) in [5, 5.41) is 28.8. The second kappa shape index (κ2) is 9.18. The van der Waals surface area contributed by atoms with Crippen molar-refractivity contribution in [3.05, 3.63) is 82.2 Å². The third-order valence-corrected chi connectivity index (χ3v) is 6.33. The summed E-state index contributed by atoms with van der Waals surface area (Å²) >= 11 is 0. The molecule has 0 amide bonds. The molecule has 2 aromatic heterocycles. The van der Waals surface area contributed by atoms with Crippen LogP contribution in [0.25, 0.3) is 16.7 Å². The molecule has 0 fully saturated rings. The Morgan fingerprint density at radius 2 is 2.17 bits per heavy atom. The quantitative estimate of drug-likeness (QED) is 0.396. The normalized spacial score (nSPS) is 13.4. The topological polar surface area (TPSA) is 122 Å². The number of hydrogen-bond acceptors (Lipinski definition) is 8. The highest BCUT2D eigenvalue weighted by Crippen LogP contribution is 2.29. The number of aliphatic hydroxyl groups excluding tert-OH is 1. The van der Waals surface area contributed by atoms with Crippen molar-refractivity contribution in [3.8, 4) is 17.6 Å². The van der Waals surface area contributed by atoms with Gasteiger partial charge in [-0.2, -0.15) is 10.4 Å². The van der Waals surface area contributed by atoms with Crippen molar-refractivity contribution >= 4 is 16.9 Å². The Morgan fingerprint density at radius 3 is 2.97 bits per heavy atom. The molecule has 0 saturated carbocycles. The van der Waals surface area contributed by atoms with Gasteiger partial charge in [-0.3, -0.25) is 0 Å². The van der Waals surface area contributed by atoms with Crippen molar-refractivity contribution in [1.82, 2.24) is 20.1 Å². The highest BCUT2D eigenvalue weighted by molar-refractivity contribution is 5.94. The predicted octanol–water partition coefficient (Wildman–Crippen LogP) is 3.10. The number of carbonyl (C=O) groups excluding carboxylic acids is 1. The second-order valence-corrected chi connectivity index (χ2v) is 8.29. The van der Waals surface area contributed by atoms with Crippen molar-refractivity contribution in [2.24, 2.45) is 0 Å². The molecule has 1 atom stereocenters. The largest absolute Gasteiger partial charge is 0.495 e. The second-order valence-electron chi connectivity index (χ2n) is 8.29. The minimum absolute atomic E-state index is 0.250. The lowest BCUT2D eigenvalue weighted by molar-refractivity contribution is 0.0535. The Hall–Kier alpha value is -4.26. The Labute approximate surface area is 201 Å². The molecule has 1 aliphatic rings. The smallest absolute Gasteiger partial charge is 0.338 e. The van der Waals surface area contributed by atoms with Gasteiger partial charge < -0.3 is 19.9 Å². The third kappa shape index (κ3) is 3.99. The number of rotatable bonds is 7. The number of benzene rings is 2. The van der Waals surface area contributed by atoms with Crippen LogP contribution >= 0.6 is 0 Å². The van der Waals surface area contributed by atoms with Crippen molar-refractivity contribution in [3.63, 3.8) is 0 Å². The maximum absolute atomic E-state index is 11.8. The van der Waals surface area contributed by atoms with E-state index in [-0.39, 0.29) is 12.6 Å². The number of nitrogens with zero attached hydrogens (tertiary/aromatic N) is 4. The summed E-state index contributed by atoms with van der Waals surface area (Å²) in [6.07, 6.45) is 2.52. The van der Waals surface area contributed by atoms with E-state index in [4.69, 9.17) is 9.47 Å². The fourth-order valence-corrected chi connectivity index (χ4v) is 4.43. The van der Waals surface area contributed by atoms with E-state index in [0.717, 1.165) is 33.2 Å². The monoisotopic (exact) mass is 469 g/mol. The van der Waals surface area contributed by atoms with E-state index in [1.807, 2.05) is 25.1 Å². The lowest BCUT2D eigenvalue weighted by Crippen LogP contribution is -2.22. The molecule has 0 aliphatic carbocycles. The zero-order valence-corrected chi connectivity index (χ0v) is 19.3. The number of methoxy groups -OCH3 is 1. The Kier molecular flexibility index (Phi) is 5.91. The molecule has 4 aromatic rings. The van der Waals surface area contributed by atoms with E-state index in [2.05, 4.69) is 21.5 Å². The number of pyridine rings is 1. The van der Waals surface area contributed by atoms with E-state index in [1.165, 1.54) is 13.3 Å². The molecule has 176 valence electrons. The first-order valence-electron chi connectivity index (χ1n) is 11.1. The predicted molar refractivity (Wildman–Crippen MR) is 127 cm³/mol. The lowest BCUT2D eigenvalue weighted by atomic mass is 9.95. The summed E-state index contributed by atoms with van der Waals surface area (Å²) in [6, 6.07) is 13.1. The zero-order valence-electron chi connectivity index (χ0n) is 19.3. The minimum Gasteiger partial charge on any atom is -0.495 e. The number of hydrogen-bond donors (Lipinski definition) is 2. The van der Waals surface area contributed by atoms with Crippen LogP contribution in [0.5, 0.6) is 5.75 Å². The fourth-order valence-electron chi connectivity index (χ4n) is 4.43. The molecule has 9 nitrogen and oxygen atoms in total. The Bertz CT molecular complexity index is 1490. The molecule has 3 heterocycles. The molecule has 0 radical (unpaired) electrons. The van der Waals surface area contributed by atoms with Crippen LogP contribution in [0.15, 0.2) is 48.8 Å². The van der Waals surface area contributed by atoms with Gasteiger partial charge >= 0.3 is 5.97 Å². The summed E-state index contributed by atoms with van der Waals surface area (Å²) in [6.45, 7) is 3.02. The van der Waals surface area contributed by atoms with E-state index in [1.54, 1.807) is 29.1 Å². The molecule has 0 bridgehead atoms. The average molecular weight is 470 g/mol. The molecule has 1 aliphatic heterocycles. The van der Waals surface area contributed by atoms with E-state index in [0.29, 0.717) is 35.8 Å². The van der Waals surface area contributed by atoms with E-state index < -0.39 is 6.10 Å². The number of aromatic nitrogens is 3. The van der Waals surface area contributed by atoms with Gasteiger partial charge in [-0.15, -0.1) is 0 Å². The van der Waals surface area contributed by atoms with Gasteiger partial charge in [-0.1, -0.05) is 18.2 Å². The molecule has 35 heavy (non-hydrogen) atoms. The standard InChI is InChI=1S/C26H23N5O4/c1-15-18(6-7-19-21(15)14-35-26(19)33)23(32)13-28-10-16-4-3-5-22-20(16)12-30-31(22)25-8-24(34-2)17(9-27)11-29-25/h3-8,11-12,23,28,32H,10,13-14H2,1-2H3/t23-/m0/s1. The SMILES string of the molecule is COc1cc(-n2ncc3c(CNC[C@H](O)c4ccc5c(c4C)COC5=O)cccc32)ncc1C#N. The molecular formula is C26H23N5O4. The van der Waals surface area contributed by atoms with Gasteiger partial charge in [-0.05, 0) is 35.7 Å². The van der Waals surface area contributed by atoms with Crippen molar-refractivity contribution in [1.29, 1.82) is 5.26 Å². The van der Waals surface area contributed by atoms with Crippen LogP contribution in [0.1, 0.15) is 44.3 Å². The first-order valence-corrected chi connectivity index (χ1v) is 11.1. The number of nitrogens with one attached hydrogen (secondary N) is 1. The summed E-state index contributed by atoms with van der Waals surface area (Å²) in [5.41, 5.74) is 5.32. The van der Waals surface area contributed by atoms with E-state index in [9.17, 15) is 15.2 Å². The number of ether oxygens (including phenoxy) is 2. The maximum Gasteiger partial charge on any atom is 0.338 e. The molecule has 5 rings (SSSR count). The molecule has 2 N–H and O–H groups in total. The number of fused-ring (bicyclic) bond motifs is 2. The number of nitriles is 1. The highest BCUT2D eigenvalue weighted by atomic mass is 16.5. The number of cyclic esters (lactones) is 1. The van der Waals surface area contributed by atoms with Gasteiger partial charge in [0.2, 0.25) is 0 Å². The van der Waals surface area contributed by atoms with Crippen LogP contribution in [0.2, 0.25) is 0 Å². The molecule has 0 spiro atoms. The lowest BCUT2D eigenvalue weighted by Gasteiger charge is -2.16. The average Bonchev–Trinajstić information content (AvgIpc) is 3.48. The molecule has 9 heteroatoms. The summed E-state index contributed by atoms with van der Waals surface area (Å²) in [5.74, 6) is 0.669. The first kappa shape index (κ1) is 22.5. The van der Waals surface area contributed by atoms with Crippen LogP contribution in [0, 0.1) is 18.3 Å². The van der Waals surface area contributed by atoms with Crippen molar-refractivity contribution in [2.75, 3.05) is 13.7 Å². The maximum atomic E-state index is 11.8. The fraction of sp³-hybridized carbons (Fsp3) is 0.231. The third-order valence-electron chi connectivity index (χ3n) is 6.33. The van der Waals surface area contributed by atoms with Gasteiger partial charge in [0, 0.05) is 30.1 Å². The van der Waals surface area contributed by atoms with Gasteiger partial charge in [-0.25, -0.2) is 14.5 Å². The summed E-state index contributed by atoms with van der Waals surface area (Å²) < 4.78 is 12.1. The van der Waals surface area contributed by atoms with Crippen molar-refractivity contribution in [2.45, 2.75) is 26.2 Å². The van der Waals surface area contributed by atoms with Gasteiger partial charge in [0.1, 0.15) is 24.0 Å². The highest BCUT2D eigenvalue weighted by Gasteiger charge is 2.25. The van der Waals surface area contributed by atoms with E-state index >= 15 is 0 Å². The van der Waals surface area contributed by atoms with Crippen LogP contribution in [0.3, 0.4) is 0 Å². The molecule has 2 aromatic carbocycles. The van der Waals surface area contributed by atoms with Gasteiger partial charge in [0.05, 0.1) is 36.7 Å².